The fraction of sp³-hybridized carbons (Fsp3) is 0.500. The van der Waals surface area contributed by atoms with Crippen LogP contribution in [0.1, 0.15) is 43.5 Å². The van der Waals surface area contributed by atoms with Gasteiger partial charge in [0.25, 0.3) is 0 Å². The zero-order chi connectivity index (χ0) is 21.1. The van der Waals surface area contributed by atoms with Crippen LogP contribution in [0.4, 0.5) is 5.69 Å². The van der Waals surface area contributed by atoms with E-state index in [9.17, 15) is 0 Å². The van der Waals surface area contributed by atoms with Crippen LogP contribution in [0.2, 0.25) is 5.02 Å². The van der Waals surface area contributed by atoms with Crippen molar-refractivity contribution in [1.29, 1.82) is 0 Å². The third kappa shape index (κ3) is 4.68. The number of hydrogen-bond acceptors (Lipinski definition) is 5. The van der Waals surface area contributed by atoms with E-state index in [0.29, 0.717) is 12.5 Å². The van der Waals surface area contributed by atoms with Gasteiger partial charge in [-0.25, -0.2) is 4.68 Å². The highest BCUT2D eigenvalue weighted by Crippen LogP contribution is 2.25. The van der Waals surface area contributed by atoms with Crippen LogP contribution in [0, 0.1) is 12.8 Å². The van der Waals surface area contributed by atoms with Crippen molar-refractivity contribution in [2.24, 2.45) is 5.92 Å². The van der Waals surface area contributed by atoms with E-state index >= 15 is 0 Å². The Morgan fingerprint density at radius 3 is 2.70 bits per heavy atom. The number of aryl methyl sites for hydroxylation is 1. The standard InChI is InChI=1S/C22H29ClN6O/c1-16(2)13-21(22-24-25-26-29(22)15-19-5-4-12-30-19)28-10-8-27(9-11-28)20-14-18(23)7-6-17(20)3/h4-7,12,14,16,21H,8-11,13,15H2,1-3H3/p+1/t21-/m0/s1. The summed E-state index contributed by atoms with van der Waals surface area (Å²) in [5.41, 5.74) is 2.51. The molecule has 0 aliphatic carbocycles. The second kappa shape index (κ2) is 9.18. The minimum Gasteiger partial charge on any atom is -0.467 e. The lowest BCUT2D eigenvalue weighted by atomic mass is 10.0. The van der Waals surface area contributed by atoms with E-state index in [2.05, 4.69) is 53.3 Å². The van der Waals surface area contributed by atoms with Gasteiger partial charge in [-0.05, 0) is 53.1 Å². The highest BCUT2D eigenvalue weighted by atomic mass is 35.5. The second-order valence-corrected chi connectivity index (χ2v) is 8.97. The number of benzene rings is 1. The smallest absolute Gasteiger partial charge is 0.209 e. The van der Waals surface area contributed by atoms with Crippen molar-refractivity contribution in [2.75, 3.05) is 31.1 Å². The molecule has 0 saturated carbocycles. The van der Waals surface area contributed by atoms with Crippen molar-refractivity contribution in [3.8, 4) is 0 Å². The van der Waals surface area contributed by atoms with Crippen LogP contribution in [0.3, 0.4) is 0 Å². The molecule has 0 radical (unpaired) electrons. The van der Waals surface area contributed by atoms with Crippen LogP contribution in [0.25, 0.3) is 0 Å². The number of nitrogens with one attached hydrogen (secondary N) is 1. The number of rotatable bonds is 7. The summed E-state index contributed by atoms with van der Waals surface area (Å²) in [6.07, 6.45) is 2.73. The van der Waals surface area contributed by atoms with Gasteiger partial charge < -0.3 is 14.2 Å². The number of nitrogens with zero attached hydrogens (tertiary/aromatic N) is 5. The van der Waals surface area contributed by atoms with Gasteiger partial charge in [0.05, 0.1) is 32.4 Å². The third-order valence-electron chi connectivity index (χ3n) is 5.87. The zero-order valence-electron chi connectivity index (χ0n) is 17.9. The van der Waals surface area contributed by atoms with Gasteiger partial charge >= 0.3 is 0 Å². The van der Waals surface area contributed by atoms with Gasteiger partial charge in [-0.15, -0.1) is 5.10 Å². The van der Waals surface area contributed by atoms with Crippen molar-refractivity contribution in [3.05, 3.63) is 58.8 Å². The fourth-order valence-electron chi connectivity index (χ4n) is 4.36. The Morgan fingerprint density at radius 1 is 1.20 bits per heavy atom. The molecule has 0 amide bonds. The van der Waals surface area contributed by atoms with Crippen LogP contribution < -0.4 is 9.80 Å². The molecule has 0 unspecified atom stereocenters. The van der Waals surface area contributed by atoms with Crippen LogP contribution >= 0.6 is 11.6 Å². The predicted octanol–water partition coefficient (Wildman–Crippen LogP) is 2.77. The molecule has 2 aromatic heterocycles. The van der Waals surface area contributed by atoms with Crippen molar-refractivity contribution in [1.82, 2.24) is 20.2 Å². The molecule has 4 rings (SSSR count). The molecule has 30 heavy (non-hydrogen) atoms. The highest BCUT2D eigenvalue weighted by molar-refractivity contribution is 6.30. The SMILES string of the molecule is Cc1ccc(Cl)cc1N1CC[NH+]([C@@H](CC(C)C)c2nnnn2Cc2ccco2)CC1. The van der Waals surface area contributed by atoms with E-state index in [1.165, 1.54) is 16.2 Å². The molecule has 0 bridgehead atoms. The fourth-order valence-corrected chi connectivity index (χ4v) is 4.52. The second-order valence-electron chi connectivity index (χ2n) is 8.53. The summed E-state index contributed by atoms with van der Waals surface area (Å²) >= 11 is 6.25. The van der Waals surface area contributed by atoms with Gasteiger partial charge in [-0.1, -0.05) is 31.5 Å². The molecular weight excluding hydrogens is 400 g/mol. The molecule has 160 valence electrons. The molecule has 1 aliphatic heterocycles. The molecule has 1 saturated heterocycles. The van der Waals surface area contributed by atoms with Crippen LogP contribution in [-0.4, -0.2) is 46.4 Å². The maximum Gasteiger partial charge on any atom is 0.209 e. The largest absolute Gasteiger partial charge is 0.467 e. The van der Waals surface area contributed by atoms with Crippen LogP contribution in [0.5, 0.6) is 0 Å². The summed E-state index contributed by atoms with van der Waals surface area (Å²) in [7, 11) is 0. The van der Waals surface area contributed by atoms with E-state index in [1.54, 1.807) is 6.26 Å². The number of halogens is 1. The summed E-state index contributed by atoms with van der Waals surface area (Å²) in [5.74, 6) is 2.37. The van der Waals surface area contributed by atoms with E-state index in [0.717, 1.165) is 49.2 Å². The van der Waals surface area contributed by atoms with E-state index in [-0.39, 0.29) is 6.04 Å². The van der Waals surface area contributed by atoms with Gasteiger partial charge in [0.15, 0.2) is 0 Å². The maximum absolute atomic E-state index is 6.25. The molecule has 7 nitrogen and oxygen atoms in total. The Morgan fingerprint density at radius 2 is 2.00 bits per heavy atom. The van der Waals surface area contributed by atoms with Crippen LogP contribution in [-0.2, 0) is 6.54 Å². The lowest BCUT2D eigenvalue weighted by molar-refractivity contribution is -0.934. The van der Waals surface area contributed by atoms with Crippen molar-refractivity contribution in [2.45, 2.75) is 39.8 Å². The number of tetrazole rings is 1. The molecule has 3 aromatic rings. The summed E-state index contributed by atoms with van der Waals surface area (Å²) < 4.78 is 7.41. The Bertz CT molecular complexity index is 946. The lowest BCUT2D eigenvalue weighted by Gasteiger charge is -2.38. The van der Waals surface area contributed by atoms with Gasteiger partial charge in [-0.2, -0.15) is 0 Å². The van der Waals surface area contributed by atoms with Crippen molar-refractivity contribution < 1.29 is 9.32 Å². The Labute approximate surface area is 182 Å². The average molecular weight is 430 g/mol. The molecule has 3 heterocycles. The molecule has 1 N–H and O–H groups in total. The van der Waals surface area contributed by atoms with E-state index < -0.39 is 0 Å². The first-order valence-electron chi connectivity index (χ1n) is 10.7. The number of hydrogen-bond donors (Lipinski definition) is 1. The maximum atomic E-state index is 6.25. The summed E-state index contributed by atoms with van der Waals surface area (Å²) in [4.78, 5) is 3.98. The van der Waals surface area contributed by atoms with Gasteiger partial charge in [-0.3, -0.25) is 0 Å². The Hall–Kier alpha value is -2.38. The van der Waals surface area contributed by atoms with Gasteiger partial charge in [0.1, 0.15) is 18.3 Å². The number of anilines is 1. The molecule has 8 heteroatoms. The molecule has 1 fully saturated rings. The average Bonchev–Trinajstić information content (AvgIpc) is 3.41. The summed E-state index contributed by atoms with van der Waals surface area (Å²) in [5, 5.41) is 13.5. The summed E-state index contributed by atoms with van der Waals surface area (Å²) in [6, 6.07) is 10.3. The number of furan rings is 1. The number of piperazine rings is 1. The highest BCUT2D eigenvalue weighted by Gasteiger charge is 2.33. The molecule has 1 aromatic carbocycles. The quantitative estimate of drug-likeness (QED) is 0.625. The number of aromatic nitrogens is 4. The molecular formula is C22H30ClN6O+. The Kier molecular flexibility index (Phi) is 6.39. The van der Waals surface area contributed by atoms with Crippen molar-refractivity contribution in [3.63, 3.8) is 0 Å². The van der Waals surface area contributed by atoms with Crippen molar-refractivity contribution >= 4 is 17.3 Å². The molecule has 0 spiro atoms. The molecule has 1 atom stereocenters. The minimum atomic E-state index is 0.262. The topological polar surface area (TPSA) is 64.4 Å². The van der Waals surface area contributed by atoms with Gasteiger partial charge in [0.2, 0.25) is 5.82 Å². The number of quaternary nitrogens is 1. The molecule has 1 aliphatic rings. The Balaban J connectivity index is 1.51. The predicted molar refractivity (Wildman–Crippen MR) is 117 cm³/mol. The normalized spacial score (nSPS) is 16.4. The first-order chi connectivity index (χ1) is 14.5. The monoisotopic (exact) mass is 429 g/mol. The first kappa shape index (κ1) is 20.9. The first-order valence-corrected chi connectivity index (χ1v) is 11.0. The van der Waals surface area contributed by atoms with E-state index in [4.69, 9.17) is 16.0 Å². The lowest BCUT2D eigenvalue weighted by Crippen LogP contribution is -3.15. The van der Waals surface area contributed by atoms with E-state index in [1.807, 2.05) is 22.9 Å². The third-order valence-corrected chi connectivity index (χ3v) is 6.11. The minimum absolute atomic E-state index is 0.262. The summed E-state index contributed by atoms with van der Waals surface area (Å²) in [6.45, 7) is 11.3. The van der Waals surface area contributed by atoms with Crippen LogP contribution in [0.15, 0.2) is 41.0 Å². The van der Waals surface area contributed by atoms with Gasteiger partial charge in [0, 0.05) is 17.1 Å². The zero-order valence-corrected chi connectivity index (χ0v) is 18.6.